The molecule has 2 amide bonds. The number of hydrogen-bond donors (Lipinski definition) is 2. The van der Waals surface area contributed by atoms with Crippen LogP contribution in [0.15, 0.2) is 24.3 Å². The molecule has 0 aromatic heterocycles. The third-order valence-electron chi connectivity index (χ3n) is 6.66. The number of benzene rings is 1. The van der Waals surface area contributed by atoms with Crippen molar-refractivity contribution >= 4 is 17.5 Å². The molecular formula is C20H25FN2O2. The second-order valence-electron chi connectivity index (χ2n) is 8.44. The average Bonchev–Trinajstić information content (AvgIpc) is 2.55. The van der Waals surface area contributed by atoms with Crippen molar-refractivity contribution in [1.82, 2.24) is 5.32 Å². The first kappa shape index (κ1) is 16.6. The van der Waals surface area contributed by atoms with Gasteiger partial charge in [-0.25, -0.2) is 4.39 Å². The molecule has 0 radical (unpaired) electrons. The van der Waals surface area contributed by atoms with E-state index in [0.29, 0.717) is 5.69 Å². The lowest BCUT2D eigenvalue weighted by atomic mass is 9.48. The number of amides is 2. The van der Waals surface area contributed by atoms with Crippen LogP contribution in [0.5, 0.6) is 0 Å². The van der Waals surface area contributed by atoms with Crippen LogP contribution in [0.1, 0.15) is 45.4 Å². The van der Waals surface area contributed by atoms with Gasteiger partial charge in [-0.15, -0.1) is 0 Å². The van der Waals surface area contributed by atoms with E-state index in [9.17, 15) is 14.0 Å². The highest BCUT2D eigenvalue weighted by atomic mass is 19.1. The standard InChI is InChI=1S/C20H25FN2O2/c1-12(20-9-13-6-14(10-20)8-15(7-13)11-20)22-18(24)19(25)23-17-4-2-16(21)3-5-17/h2-5,12-15H,6-11H2,1H3,(H,22,24)(H,23,25). The minimum atomic E-state index is -0.691. The lowest BCUT2D eigenvalue weighted by Gasteiger charge is -2.59. The Balaban J connectivity index is 1.38. The molecule has 0 saturated heterocycles. The van der Waals surface area contributed by atoms with Crippen molar-refractivity contribution < 1.29 is 14.0 Å². The molecule has 1 aromatic rings. The van der Waals surface area contributed by atoms with Crippen molar-refractivity contribution in [2.24, 2.45) is 23.2 Å². The molecule has 0 aliphatic heterocycles. The molecule has 1 unspecified atom stereocenters. The quantitative estimate of drug-likeness (QED) is 0.825. The van der Waals surface area contributed by atoms with Gasteiger partial charge in [0.25, 0.3) is 0 Å². The maximum absolute atomic E-state index is 12.9. The number of anilines is 1. The van der Waals surface area contributed by atoms with Gasteiger partial charge >= 0.3 is 11.8 Å². The van der Waals surface area contributed by atoms with Gasteiger partial charge in [0.2, 0.25) is 0 Å². The molecule has 1 atom stereocenters. The predicted molar refractivity (Wildman–Crippen MR) is 93.2 cm³/mol. The van der Waals surface area contributed by atoms with Crippen LogP contribution in [0.25, 0.3) is 0 Å². The van der Waals surface area contributed by atoms with Crippen molar-refractivity contribution in [1.29, 1.82) is 0 Å². The summed E-state index contributed by atoms with van der Waals surface area (Å²) in [6.07, 6.45) is 7.60. The van der Waals surface area contributed by atoms with Crippen LogP contribution in [0, 0.1) is 29.0 Å². The van der Waals surface area contributed by atoms with E-state index >= 15 is 0 Å². The molecule has 5 heteroatoms. The monoisotopic (exact) mass is 344 g/mol. The van der Waals surface area contributed by atoms with Crippen molar-refractivity contribution in [3.63, 3.8) is 0 Å². The molecule has 0 spiro atoms. The minimum absolute atomic E-state index is 0.00682. The third kappa shape index (κ3) is 3.16. The van der Waals surface area contributed by atoms with Gasteiger partial charge in [0, 0.05) is 11.7 Å². The number of nitrogens with one attached hydrogen (secondary N) is 2. The van der Waals surface area contributed by atoms with Gasteiger partial charge in [0.15, 0.2) is 0 Å². The maximum Gasteiger partial charge on any atom is 0.313 e. The van der Waals surface area contributed by atoms with Gasteiger partial charge in [-0.1, -0.05) is 0 Å². The molecule has 0 heterocycles. The molecular weight excluding hydrogens is 319 g/mol. The highest BCUT2D eigenvalue weighted by Gasteiger charge is 2.53. The van der Waals surface area contributed by atoms with Crippen LogP contribution in [-0.4, -0.2) is 17.9 Å². The number of rotatable bonds is 3. The predicted octanol–water partition coefficient (Wildman–Crippen LogP) is 3.49. The Morgan fingerprint density at radius 1 is 1.00 bits per heavy atom. The van der Waals surface area contributed by atoms with Crippen LogP contribution in [0.4, 0.5) is 10.1 Å². The number of carbonyl (C=O) groups excluding carboxylic acids is 2. The second-order valence-corrected chi connectivity index (χ2v) is 8.44. The highest BCUT2D eigenvalue weighted by molar-refractivity contribution is 6.39. The van der Waals surface area contributed by atoms with E-state index in [2.05, 4.69) is 17.6 Å². The second kappa shape index (κ2) is 6.11. The molecule has 4 saturated carbocycles. The van der Waals surface area contributed by atoms with Crippen molar-refractivity contribution in [3.8, 4) is 0 Å². The molecule has 5 rings (SSSR count). The van der Waals surface area contributed by atoms with Crippen molar-refractivity contribution in [3.05, 3.63) is 30.1 Å². The van der Waals surface area contributed by atoms with Crippen LogP contribution in [0.2, 0.25) is 0 Å². The molecule has 25 heavy (non-hydrogen) atoms. The summed E-state index contributed by atoms with van der Waals surface area (Å²) in [4.78, 5) is 24.5. The molecule has 134 valence electrons. The van der Waals surface area contributed by atoms with Crippen molar-refractivity contribution in [2.45, 2.75) is 51.5 Å². The number of hydrogen-bond acceptors (Lipinski definition) is 2. The Hall–Kier alpha value is -1.91. The molecule has 2 N–H and O–H groups in total. The fraction of sp³-hybridized carbons (Fsp3) is 0.600. The maximum atomic E-state index is 12.9. The van der Waals surface area contributed by atoms with E-state index < -0.39 is 11.8 Å². The SMILES string of the molecule is CC(NC(=O)C(=O)Nc1ccc(F)cc1)C12CC3CC(CC(C3)C1)C2. The van der Waals surface area contributed by atoms with E-state index in [1.807, 2.05) is 0 Å². The number of carbonyl (C=O) groups is 2. The summed E-state index contributed by atoms with van der Waals surface area (Å²) in [6, 6.07) is 5.41. The zero-order valence-electron chi connectivity index (χ0n) is 14.6. The Morgan fingerprint density at radius 2 is 1.52 bits per heavy atom. The summed E-state index contributed by atoms with van der Waals surface area (Å²) in [5.74, 6) is 0.740. The number of halogens is 1. The third-order valence-corrected chi connectivity index (χ3v) is 6.66. The van der Waals surface area contributed by atoms with Gasteiger partial charge in [0.1, 0.15) is 5.82 Å². The van der Waals surface area contributed by atoms with Gasteiger partial charge in [-0.3, -0.25) is 9.59 Å². The van der Waals surface area contributed by atoms with E-state index in [1.165, 1.54) is 62.8 Å². The molecule has 4 aliphatic rings. The van der Waals surface area contributed by atoms with Crippen LogP contribution < -0.4 is 10.6 Å². The molecule has 4 aliphatic carbocycles. The Bertz CT molecular complexity index is 650. The Labute approximate surface area is 147 Å². The van der Waals surface area contributed by atoms with E-state index in [4.69, 9.17) is 0 Å². The Kier molecular flexibility index (Phi) is 4.05. The zero-order valence-corrected chi connectivity index (χ0v) is 14.6. The van der Waals surface area contributed by atoms with Crippen LogP contribution in [-0.2, 0) is 9.59 Å². The summed E-state index contributed by atoms with van der Waals surface area (Å²) < 4.78 is 12.9. The zero-order chi connectivity index (χ0) is 17.6. The first-order valence-corrected chi connectivity index (χ1v) is 9.31. The summed E-state index contributed by atoms with van der Waals surface area (Å²) in [6.45, 7) is 2.05. The van der Waals surface area contributed by atoms with Gasteiger partial charge in [-0.2, -0.15) is 0 Å². The summed E-state index contributed by atoms with van der Waals surface area (Å²) in [5.41, 5.74) is 0.588. The fourth-order valence-electron chi connectivity index (χ4n) is 5.84. The topological polar surface area (TPSA) is 58.2 Å². The highest BCUT2D eigenvalue weighted by Crippen LogP contribution is 2.61. The molecule has 4 nitrogen and oxygen atoms in total. The van der Waals surface area contributed by atoms with Crippen LogP contribution >= 0.6 is 0 Å². The van der Waals surface area contributed by atoms with Crippen molar-refractivity contribution in [2.75, 3.05) is 5.32 Å². The van der Waals surface area contributed by atoms with Gasteiger partial charge < -0.3 is 10.6 Å². The van der Waals surface area contributed by atoms with Crippen LogP contribution in [0.3, 0.4) is 0 Å². The summed E-state index contributed by atoms with van der Waals surface area (Å²) >= 11 is 0. The summed E-state index contributed by atoms with van der Waals surface area (Å²) in [5, 5.41) is 5.47. The van der Waals surface area contributed by atoms with Gasteiger partial charge in [0.05, 0.1) is 0 Å². The van der Waals surface area contributed by atoms with E-state index in [-0.39, 0.29) is 17.3 Å². The Morgan fingerprint density at radius 3 is 2.04 bits per heavy atom. The van der Waals surface area contributed by atoms with E-state index in [0.717, 1.165) is 17.8 Å². The largest absolute Gasteiger partial charge is 0.345 e. The molecule has 4 bridgehead atoms. The average molecular weight is 344 g/mol. The molecule has 4 fully saturated rings. The first-order chi connectivity index (χ1) is 11.9. The molecule has 1 aromatic carbocycles. The van der Waals surface area contributed by atoms with E-state index in [1.54, 1.807) is 0 Å². The van der Waals surface area contributed by atoms with Gasteiger partial charge in [-0.05, 0) is 92.9 Å². The normalized spacial score (nSPS) is 33.8. The fourth-order valence-corrected chi connectivity index (χ4v) is 5.84. The first-order valence-electron chi connectivity index (χ1n) is 9.31. The summed E-state index contributed by atoms with van der Waals surface area (Å²) in [7, 11) is 0. The lowest BCUT2D eigenvalue weighted by molar-refractivity contribution is -0.138. The lowest BCUT2D eigenvalue weighted by Crippen LogP contribution is -2.57. The minimum Gasteiger partial charge on any atom is -0.345 e. The smallest absolute Gasteiger partial charge is 0.313 e.